The van der Waals surface area contributed by atoms with Crippen LogP contribution >= 0.6 is 0 Å². The largest absolute Gasteiger partial charge is 0.494 e. The summed E-state index contributed by atoms with van der Waals surface area (Å²) in [7, 11) is -1.20. The van der Waals surface area contributed by atoms with Gasteiger partial charge in [0.25, 0.3) is 0 Å². The molecule has 2 atom stereocenters. The number of hydrogen-bond donors (Lipinski definition) is 2. The van der Waals surface area contributed by atoms with E-state index in [2.05, 4.69) is 29.9 Å². The van der Waals surface area contributed by atoms with Gasteiger partial charge in [-0.1, -0.05) is 6.07 Å². The van der Waals surface area contributed by atoms with E-state index >= 15 is 0 Å². The third-order valence-corrected chi connectivity index (χ3v) is 8.06. The number of aliphatic hydroxyl groups is 1. The summed E-state index contributed by atoms with van der Waals surface area (Å²) in [6.07, 6.45) is 4.19. The molecule has 3 aromatic heterocycles. The first-order valence-corrected chi connectivity index (χ1v) is 13.8. The Morgan fingerprint density at radius 2 is 1.75 bits per heavy atom. The van der Waals surface area contributed by atoms with Crippen LogP contribution in [0.2, 0.25) is 0 Å². The molecule has 0 radical (unpaired) electrons. The average Bonchev–Trinajstić information content (AvgIpc) is 3.34. The maximum atomic E-state index is 13.7. The number of methoxy groups -OCH3 is 2. The summed E-state index contributed by atoms with van der Waals surface area (Å²) in [6.45, 7) is 1.92. The third-order valence-electron chi connectivity index (χ3n) is 6.37. The van der Waals surface area contributed by atoms with E-state index in [4.69, 9.17) is 9.47 Å². The van der Waals surface area contributed by atoms with Crippen LogP contribution in [-0.2, 0) is 10.0 Å². The zero-order chi connectivity index (χ0) is 28.4. The van der Waals surface area contributed by atoms with Crippen LogP contribution in [0.5, 0.6) is 11.5 Å². The van der Waals surface area contributed by atoms with Gasteiger partial charge in [0.15, 0.2) is 11.6 Å². The Labute approximate surface area is 229 Å². The Morgan fingerprint density at radius 3 is 2.40 bits per heavy atom. The zero-order valence-electron chi connectivity index (χ0n) is 21.9. The predicted molar refractivity (Wildman–Crippen MR) is 144 cm³/mol. The highest BCUT2D eigenvalue weighted by Gasteiger charge is 2.37. The summed E-state index contributed by atoms with van der Waals surface area (Å²) in [4.78, 5) is 13.6. The molecule has 0 unspecified atom stereocenters. The van der Waals surface area contributed by atoms with Crippen LogP contribution in [0.3, 0.4) is 0 Å². The lowest BCUT2D eigenvalue weighted by Crippen LogP contribution is -2.50. The van der Waals surface area contributed by atoms with E-state index in [0.717, 1.165) is 18.0 Å². The van der Waals surface area contributed by atoms with Crippen LogP contribution < -0.4 is 19.1 Å². The topological polar surface area (TPSA) is 157 Å². The van der Waals surface area contributed by atoms with Gasteiger partial charge < -0.3 is 19.5 Å². The van der Waals surface area contributed by atoms with Crippen molar-refractivity contribution in [3.63, 3.8) is 0 Å². The van der Waals surface area contributed by atoms with Crippen LogP contribution in [0.25, 0.3) is 17.1 Å². The third kappa shape index (κ3) is 5.37. The van der Waals surface area contributed by atoms with Crippen molar-refractivity contribution in [2.75, 3.05) is 36.9 Å². The second-order valence-electron chi connectivity index (χ2n) is 9.21. The van der Waals surface area contributed by atoms with Gasteiger partial charge in [0.2, 0.25) is 21.9 Å². The number of rotatable bonds is 8. The lowest BCUT2D eigenvalue weighted by atomic mass is 10.1. The molecule has 0 bridgehead atoms. The molecular formula is C25H27FN8O5S. The van der Waals surface area contributed by atoms with Crippen LogP contribution in [0.15, 0.2) is 49.1 Å². The minimum absolute atomic E-state index is 0.0429. The minimum Gasteiger partial charge on any atom is -0.494 e. The molecule has 4 aromatic rings. The highest BCUT2D eigenvalue weighted by molar-refractivity contribution is 7.93. The summed E-state index contributed by atoms with van der Waals surface area (Å²) in [5, 5.41) is 17.9. The van der Waals surface area contributed by atoms with E-state index < -0.39 is 27.2 Å². The first-order valence-electron chi connectivity index (χ1n) is 12.2. The Kier molecular flexibility index (Phi) is 7.49. The first kappa shape index (κ1) is 27.2. The molecule has 2 N–H and O–H groups in total. The molecule has 4 heterocycles. The van der Waals surface area contributed by atoms with E-state index in [1.165, 1.54) is 23.7 Å². The van der Waals surface area contributed by atoms with Gasteiger partial charge >= 0.3 is 0 Å². The standard InChI is InChI=1S/C25H27FN8O5S/c1-15-7-16(10-27-9-15)23-30-31-25(34(23)22-20(38-2)5-4-6-21(22)39-3)32-40(36,37)19-8-18(35)13-33(14-19)24-28-11-17(26)12-29-24/h4-7,9-12,18-19,35H,8,13-14H2,1-3H3,(H,31,32)/t18-,19-/m1/s1. The number of aromatic nitrogens is 6. The van der Waals surface area contributed by atoms with Gasteiger partial charge in [-0.05, 0) is 37.1 Å². The molecule has 0 saturated carbocycles. The lowest BCUT2D eigenvalue weighted by Gasteiger charge is -2.35. The van der Waals surface area contributed by atoms with E-state index in [9.17, 15) is 17.9 Å². The first-order chi connectivity index (χ1) is 19.2. The van der Waals surface area contributed by atoms with Crippen molar-refractivity contribution in [2.45, 2.75) is 24.7 Å². The number of anilines is 2. The fourth-order valence-corrected chi connectivity index (χ4v) is 5.98. The van der Waals surface area contributed by atoms with Gasteiger partial charge in [-0.25, -0.2) is 22.8 Å². The van der Waals surface area contributed by atoms with Gasteiger partial charge in [-0.15, -0.1) is 10.2 Å². The molecule has 1 aliphatic rings. The summed E-state index contributed by atoms with van der Waals surface area (Å²) in [5.74, 6) is 0.420. The Bertz CT molecular complexity index is 1590. The molecule has 15 heteroatoms. The number of benzene rings is 1. The number of pyridine rings is 1. The number of piperidine rings is 1. The fraction of sp³-hybridized carbons (Fsp3) is 0.320. The Hall–Kier alpha value is -4.37. The summed E-state index contributed by atoms with van der Waals surface area (Å²) in [6, 6.07) is 6.98. The van der Waals surface area contributed by atoms with Crippen molar-refractivity contribution in [1.29, 1.82) is 0 Å². The van der Waals surface area contributed by atoms with Crippen molar-refractivity contribution in [1.82, 2.24) is 29.7 Å². The minimum atomic E-state index is -4.17. The molecule has 5 rings (SSSR count). The number of β-amino-alcohol motifs (C(OH)–C–C–N with tert-alkyl or cyclic N) is 1. The second kappa shape index (κ2) is 11.0. The number of aliphatic hydroxyl groups excluding tert-OH is 1. The van der Waals surface area contributed by atoms with Crippen molar-refractivity contribution in [3.8, 4) is 28.6 Å². The normalized spacial score (nSPS) is 17.5. The quantitative estimate of drug-likeness (QED) is 0.319. The van der Waals surface area contributed by atoms with Crippen molar-refractivity contribution in [3.05, 3.63) is 60.4 Å². The lowest BCUT2D eigenvalue weighted by molar-refractivity contribution is 0.154. The maximum absolute atomic E-state index is 13.7. The molecule has 40 heavy (non-hydrogen) atoms. The van der Waals surface area contributed by atoms with Gasteiger partial charge in [0.05, 0.1) is 32.7 Å². The van der Waals surface area contributed by atoms with Gasteiger partial charge in [0.1, 0.15) is 22.4 Å². The molecule has 1 aromatic carbocycles. The number of sulfonamides is 1. The molecular weight excluding hydrogens is 543 g/mol. The van der Waals surface area contributed by atoms with Crippen LogP contribution in [0.1, 0.15) is 12.0 Å². The van der Waals surface area contributed by atoms with Gasteiger partial charge in [-0.2, -0.15) is 0 Å². The summed E-state index contributed by atoms with van der Waals surface area (Å²) >= 11 is 0. The van der Waals surface area contributed by atoms with Gasteiger partial charge in [-0.3, -0.25) is 14.3 Å². The zero-order valence-corrected chi connectivity index (χ0v) is 22.7. The van der Waals surface area contributed by atoms with Crippen molar-refractivity contribution >= 4 is 21.9 Å². The molecule has 1 saturated heterocycles. The van der Waals surface area contributed by atoms with Crippen LogP contribution in [0, 0.1) is 12.7 Å². The number of halogens is 1. The second-order valence-corrected chi connectivity index (χ2v) is 11.2. The average molecular weight is 571 g/mol. The van der Waals surface area contributed by atoms with Crippen LogP contribution in [-0.4, -0.2) is 81.9 Å². The molecule has 1 fully saturated rings. The van der Waals surface area contributed by atoms with Crippen molar-refractivity contribution < 1.29 is 27.4 Å². The Balaban J connectivity index is 1.57. The highest BCUT2D eigenvalue weighted by atomic mass is 32.2. The fourth-order valence-electron chi connectivity index (χ4n) is 4.57. The number of hydrogen-bond acceptors (Lipinski definition) is 11. The van der Waals surface area contributed by atoms with E-state index in [0.29, 0.717) is 28.6 Å². The molecule has 13 nitrogen and oxygen atoms in total. The number of para-hydroxylation sites is 1. The summed E-state index contributed by atoms with van der Waals surface area (Å²) < 4.78 is 56.0. The summed E-state index contributed by atoms with van der Waals surface area (Å²) in [5.41, 5.74) is 1.82. The number of ether oxygens (including phenoxy) is 2. The number of nitrogens with zero attached hydrogens (tertiary/aromatic N) is 7. The SMILES string of the molecule is COc1cccc(OC)c1-n1c(NS(=O)(=O)[C@@H]2C[C@@H](O)CN(c3ncc(F)cn3)C2)nnc1-c1cncc(C)c1. The molecule has 210 valence electrons. The predicted octanol–water partition coefficient (Wildman–Crippen LogP) is 1.97. The van der Waals surface area contributed by atoms with E-state index in [1.807, 2.05) is 13.0 Å². The number of nitrogens with one attached hydrogen (secondary N) is 1. The molecule has 0 spiro atoms. The Morgan fingerprint density at radius 1 is 1.05 bits per heavy atom. The van der Waals surface area contributed by atoms with E-state index in [1.54, 1.807) is 30.6 Å². The van der Waals surface area contributed by atoms with Crippen LogP contribution in [0.4, 0.5) is 16.3 Å². The maximum Gasteiger partial charge on any atom is 0.243 e. The van der Waals surface area contributed by atoms with E-state index in [-0.39, 0.29) is 31.4 Å². The molecule has 1 aliphatic heterocycles. The smallest absolute Gasteiger partial charge is 0.243 e. The monoisotopic (exact) mass is 570 g/mol. The highest BCUT2D eigenvalue weighted by Crippen LogP contribution is 2.38. The molecule has 0 aliphatic carbocycles. The molecule has 0 amide bonds. The number of aryl methyl sites for hydroxylation is 1. The van der Waals surface area contributed by atoms with Gasteiger partial charge in [0, 0.05) is 31.0 Å². The van der Waals surface area contributed by atoms with Crippen molar-refractivity contribution in [2.24, 2.45) is 0 Å².